The SMILES string of the molecule is CC1(Oc2ccc3c(c2)C(c2cc(N4CCO[C@@H](CO)C4)ncn2)=NC3)CC1. The van der Waals surface area contributed by atoms with Crippen LogP contribution in [0.25, 0.3) is 0 Å². The topological polar surface area (TPSA) is 80.1 Å². The second-order valence-electron chi connectivity index (χ2n) is 7.92. The first-order valence-electron chi connectivity index (χ1n) is 9.80. The van der Waals surface area contributed by atoms with Gasteiger partial charge in [0.1, 0.15) is 23.5 Å². The summed E-state index contributed by atoms with van der Waals surface area (Å²) in [6, 6.07) is 8.20. The summed E-state index contributed by atoms with van der Waals surface area (Å²) in [4.78, 5) is 15.8. The molecule has 3 aliphatic rings. The van der Waals surface area contributed by atoms with E-state index in [-0.39, 0.29) is 18.3 Å². The second-order valence-corrected chi connectivity index (χ2v) is 7.92. The molecule has 1 aromatic carbocycles. The average molecular weight is 380 g/mol. The molecule has 1 aliphatic carbocycles. The van der Waals surface area contributed by atoms with Crippen LogP contribution in [-0.2, 0) is 11.3 Å². The number of aliphatic imine (C=N–C) groups is 1. The zero-order valence-electron chi connectivity index (χ0n) is 16.0. The molecule has 5 rings (SSSR count). The van der Waals surface area contributed by atoms with Crippen molar-refractivity contribution in [2.75, 3.05) is 31.2 Å². The molecule has 1 saturated carbocycles. The number of morpholine rings is 1. The first kappa shape index (κ1) is 17.6. The van der Waals surface area contributed by atoms with E-state index in [1.807, 2.05) is 12.1 Å². The molecule has 0 unspecified atom stereocenters. The van der Waals surface area contributed by atoms with Gasteiger partial charge in [-0.1, -0.05) is 6.07 Å². The van der Waals surface area contributed by atoms with Gasteiger partial charge in [0.25, 0.3) is 0 Å². The molecule has 0 amide bonds. The molecule has 1 saturated heterocycles. The van der Waals surface area contributed by atoms with E-state index < -0.39 is 0 Å². The molecule has 2 fully saturated rings. The lowest BCUT2D eigenvalue weighted by molar-refractivity contribution is 0.00335. The minimum atomic E-state index is -0.180. The molecular weight excluding hydrogens is 356 g/mol. The maximum atomic E-state index is 9.39. The standard InChI is InChI=1S/C21H24N4O3/c1-21(4-5-21)28-15-3-2-14-10-22-20(17(14)8-15)18-9-19(24-13-23-18)25-6-7-27-16(11-25)12-26/h2-3,8-9,13,16,26H,4-7,10-12H2,1H3/t16-/m1/s1. The van der Waals surface area contributed by atoms with Crippen molar-refractivity contribution in [3.05, 3.63) is 47.4 Å². The molecule has 2 aromatic rings. The van der Waals surface area contributed by atoms with Gasteiger partial charge in [0.2, 0.25) is 0 Å². The molecule has 1 N–H and O–H groups in total. The molecule has 2 aliphatic heterocycles. The van der Waals surface area contributed by atoms with Crippen LogP contribution in [0.1, 0.15) is 36.6 Å². The van der Waals surface area contributed by atoms with Crippen LogP contribution >= 0.6 is 0 Å². The fraction of sp³-hybridized carbons (Fsp3) is 0.476. The summed E-state index contributed by atoms with van der Waals surface area (Å²) < 4.78 is 11.7. The van der Waals surface area contributed by atoms with E-state index in [1.54, 1.807) is 6.33 Å². The number of aromatic nitrogens is 2. The van der Waals surface area contributed by atoms with Gasteiger partial charge in [-0.15, -0.1) is 0 Å². The molecular formula is C21H24N4O3. The highest BCUT2D eigenvalue weighted by Gasteiger charge is 2.40. The Balaban J connectivity index is 1.41. The Morgan fingerprint density at radius 3 is 3.00 bits per heavy atom. The third kappa shape index (κ3) is 3.36. The predicted molar refractivity (Wildman–Crippen MR) is 105 cm³/mol. The summed E-state index contributed by atoms with van der Waals surface area (Å²) in [5, 5.41) is 9.39. The third-order valence-electron chi connectivity index (χ3n) is 5.62. The van der Waals surface area contributed by atoms with Gasteiger partial charge in [-0.25, -0.2) is 9.97 Å². The van der Waals surface area contributed by atoms with Crippen molar-refractivity contribution in [2.24, 2.45) is 4.99 Å². The lowest BCUT2D eigenvalue weighted by Gasteiger charge is -2.32. The van der Waals surface area contributed by atoms with Crippen molar-refractivity contribution in [1.29, 1.82) is 0 Å². The summed E-state index contributed by atoms with van der Waals surface area (Å²) in [6.07, 6.45) is 3.61. The molecule has 0 bridgehead atoms. The van der Waals surface area contributed by atoms with Crippen molar-refractivity contribution in [2.45, 2.75) is 38.0 Å². The zero-order chi connectivity index (χ0) is 19.1. The molecule has 0 spiro atoms. The highest BCUT2D eigenvalue weighted by atomic mass is 16.5. The minimum absolute atomic E-state index is 0.00812. The third-order valence-corrected chi connectivity index (χ3v) is 5.62. The largest absolute Gasteiger partial charge is 0.488 e. The van der Waals surface area contributed by atoms with E-state index >= 15 is 0 Å². The number of nitrogens with zero attached hydrogens (tertiary/aromatic N) is 4. The van der Waals surface area contributed by atoms with Gasteiger partial charge < -0.3 is 19.5 Å². The number of benzene rings is 1. The molecule has 1 aromatic heterocycles. The van der Waals surface area contributed by atoms with E-state index in [4.69, 9.17) is 14.5 Å². The van der Waals surface area contributed by atoms with Crippen LogP contribution < -0.4 is 9.64 Å². The predicted octanol–water partition coefficient (Wildman–Crippen LogP) is 1.96. The number of aliphatic hydroxyl groups excluding tert-OH is 1. The zero-order valence-corrected chi connectivity index (χ0v) is 16.0. The number of aliphatic hydroxyl groups is 1. The molecule has 0 radical (unpaired) electrons. The Kier molecular flexibility index (Phi) is 4.29. The van der Waals surface area contributed by atoms with E-state index in [9.17, 15) is 5.11 Å². The summed E-state index contributed by atoms with van der Waals surface area (Å²) >= 11 is 0. The average Bonchev–Trinajstić information content (AvgIpc) is 3.30. The van der Waals surface area contributed by atoms with Crippen molar-refractivity contribution in [3.8, 4) is 5.75 Å². The van der Waals surface area contributed by atoms with Gasteiger partial charge in [0.15, 0.2) is 0 Å². The van der Waals surface area contributed by atoms with Gasteiger partial charge in [-0.3, -0.25) is 4.99 Å². The molecule has 7 heteroatoms. The molecule has 3 heterocycles. The number of ether oxygens (including phenoxy) is 2. The molecule has 146 valence electrons. The maximum Gasteiger partial charge on any atom is 0.132 e. The Morgan fingerprint density at radius 2 is 2.18 bits per heavy atom. The highest BCUT2D eigenvalue weighted by molar-refractivity contribution is 6.14. The van der Waals surface area contributed by atoms with Gasteiger partial charge in [-0.05, 0) is 37.5 Å². The number of rotatable bonds is 5. The van der Waals surface area contributed by atoms with E-state index in [1.165, 1.54) is 5.56 Å². The first-order chi connectivity index (χ1) is 13.6. The van der Waals surface area contributed by atoms with Gasteiger partial charge in [-0.2, -0.15) is 0 Å². The van der Waals surface area contributed by atoms with Crippen LogP contribution in [0.2, 0.25) is 0 Å². The fourth-order valence-electron chi connectivity index (χ4n) is 3.70. The van der Waals surface area contributed by atoms with E-state index in [0.29, 0.717) is 19.7 Å². The Labute approximate surface area is 164 Å². The number of fused-ring (bicyclic) bond motifs is 1. The van der Waals surface area contributed by atoms with Gasteiger partial charge >= 0.3 is 0 Å². The quantitative estimate of drug-likeness (QED) is 0.854. The Morgan fingerprint density at radius 1 is 1.29 bits per heavy atom. The monoisotopic (exact) mass is 380 g/mol. The maximum absolute atomic E-state index is 9.39. The fourth-order valence-corrected chi connectivity index (χ4v) is 3.70. The van der Waals surface area contributed by atoms with Crippen molar-refractivity contribution in [3.63, 3.8) is 0 Å². The normalized spacial score (nSPS) is 22.6. The second kappa shape index (κ2) is 6.83. The van der Waals surface area contributed by atoms with Crippen LogP contribution in [0.4, 0.5) is 5.82 Å². The highest BCUT2D eigenvalue weighted by Crippen LogP contribution is 2.40. The molecule has 1 atom stereocenters. The lowest BCUT2D eigenvalue weighted by atomic mass is 10.0. The minimum Gasteiger partial charge on any atom is -0.488 e. The number of hydrogen-bond acceptors (Lipinski definition) is 7. The summed E-state index contributed by atoms with van der Waals surface area (Å²) in [5.74, 6) is 1.72. The van der Waals surface area contributed by atoms with Crippen LogP contribution in [-0.4, -0.2) is 58.8 Å². The molecule has 28 heavy (non-hydrogen) atoms. The first-order valence-corrected chi connectivity index (χ1v) is 9.80. The van der Waals surface area contributed by atoms with Crippen molar-refractivity contribution < 1.29 is 14.6 Å². The van der Waals surface area contributed by atoms with Crippen molar-refractivity contribution >= 4 is 11.5 Å². The van der Waals surface area contributed by atoms with Crippen LogP contribution in [0, 0.1) is 0 Å². The van der Waals surface area contributed by atoms with Gasteiger partial charge in [0.05, 0.1) is 37.3 Å². The van der Waals surface area contributed by atoms with Crippen LogP contribution in [0.3, 0.4) is 0 Å². The Hall–Kier alpha value is -2.51. The van der Waals surface area contributed by atoms with E-state index in [0.717, 1.165) is 47.9 Å². The lowest BCUT2D eigenvalue weighted by Crippen LogP contribution is -2.44. The summed E-state index contributed by atoms with van der Waals surface area (Å²) in [5.41, 5.74) is 3.96. The number of anilines is 1. The summed E-state index contributed by atoms with van der Waals surface area (Å²) in [6.45, 7) is 4.75. The molecule has 7 nitrogen and oxygen atoms in total. The van der Waals surface area contributed by atoms with Crippen molar-refractivity contribution in [1.82, 2.24) is 9.97 Å². The smallest absolute Gasteiger partial charge is 0.132 e. The Bertz CT molecular complexity index is 926. The summed E-state index contributed by atoms with van der Waals surface area (Å²) in [7, 11) is 0. The van der Waals surface area contributed by atoms with E-state index in [2.05, 4.69) is 33.9 Å². The number of hydrogen-bond donors (Lipinski definition) is 1. The van der Waals surface area contributed by atoms with Crippen LogP contribution in [0.5, 0.6) is 5.75 Å². The van der Waals surface area contributed by atoms with Gasteiger partial charge in [0, 0.05) is 24.7 Å². The van der Waals surface area contributed by atoms with Crippen LogP contribution in [0.15, 0.2) is 35.6 Å².